The van der Waals surface area contributed by atoms with Crippen LogP contribution in [0.3, 0.4) is 0 Å². The number of H-pyrrole nitrogens is 1. The summed E-state index contributed by atoms with van der Waals surface area (Å²) in [5.41, 5.74) is 3.55. The molecule has 2 heterocycles. The lowest BCUT2D eigenvalue weighted by atomic mass is 10.1. The van der Waals surface area contributed by atoms with E-state index in [9.17, 15) is 0 Å². The van der Waals surface area contributed by atoms with E-state index in [4.69, 9.17) is 12.2 Å². The van der Waals surface area contributed by atoms with Gasteiger partial charge in [-0.1, -0.05) is 31.2 Å². The third-order valence-corrected chi connectivity index (χ3v) is 3.82. The average Bonchev–Trinajstić information content (AvgIpc) is 2.90. The molecule has 0 spiro atoms. The first kappa shape index (κ1) is 13.7. The first-order valence-corrected chi connectivity index (χ1v) is 7.33. The quantitative estimate of drug-likeness (QED) is 0.748. The van der Waals surface area contributed by atoms with Crippen LogP contribution >= 0.6 is 12.2 Å². The zero-order valence-corrected chi connectivity index (χ0v) is 12.6. The highest BCUT2D eigenvalue weighted by molar-refractivity contribution is 7.71. The predicted octanol–water partition coefficient (Wildman–Crippen LogP) is 3.61. The summed E-state index contributed by atoms with van der Waals surface area (Å²) in [6.07, 6.45) is 4.55. The molecular formula is C16H16N4S. The molecule has 3 rings (SSSR count). The molecule has 0 atom stereocenters. The van der Waals surface area contributed by atoms with Crippen LogP contribution in [0.15, 0.2) is 48.8 Å². The van der Waals surface area contributed by atoms with E-state index in [2.05, 4.69) is 46.4 Å². The van der Waals surface area contributed by atoms with Crippen LogP contribution in [0.2, 0.25) is 0 Å². The number of aromatic nitrogens is 4. The highest BCUT2D eigenvalue weighted by Gasteiger charge is 2.10. The van der Waals surface area contributed by atoms with Crippen molar-refractivity contribution in [3.63, 3.8) is 0 Å². The van der Waals surface area contributed by atoms with Gasteiger partial charge >= 0.3 is 0 Å². The van der Waals surface area contributed by atoms with Gasteiger partial charge in [0.1, 0.15) is 0 Å². The maximum absolute atomic E-state index is 5.38. The van der Waals surface area contributed by atoms with Gasteiger partial charge in [0, 0.05) is 18.0 Å². The third kappa shape index (κ3) is 2.78. The van der Waals surface area contributed by atoms with Crippen molar-refractivity contribution in [1.82, 2.24) is 19.7 Å². The molecule has 3 aromatic rings. The SMILES string of the molecule is CCc1ccccc1Cn1c(-c2cccnc2)n[nH]c1=S. The Kier molecular flexibility index (Phi) is 3.92. The summed E-state index contributed by atoms with van der Waals surface area (Å²) in [7, 11) is 0. The zero-order valence-electron chi connectivity index (χ0n) is 11.8. The van der Waals surface area contributed by atoms with Crippen molar-refractivity contribution >= 4 is 12.2 Å². The molecule has 0 saturated heterocycles. The summed E-state index contributed by atoms with van der Waals surface area (Å²) in [6.45, 7) is 2.87. The van der Waals surface area contributed by atoms with Crippen LogP contribution in [0, 0.1) is 4.77 Å². The number of hydrogen-bond donors (Lipinski definition) is 1. The van der Waals surface area contributed by atoms with Gasteiger partial charge < -0.3 is 0 Å². The molecule has 1 N–H and O–H groups in total. The van der Waals surface area contributed by atoms with Crippen molar-refractivity contribution in [2.24, 2.45) is 0 Å². The molecule has 0 saturated carbocycles. The lowest BCUT2D eigenvalue weighted by Gasteiger charge is -2.10. The topological polar surface area (TPSA) is 46.5 Å². The first-order chi connectivity index (χ1) is 10.3. The number of rotatable bonds is 4. The van der Waals surface area contributed by atoms with Gasteiger partial charge in [0.25, 0.3) is 0 Å². The molecule has 21 heavy (non-hydrogen) atoms. The van der Waals surface area contributed by atoms with Gasteiger partial charge in [0.15, 0.2) is 10.6 Å². The van der Waals surface area contributed by atoms with Crippen molar-refractivity contribution < 1.29 is 0 Å². The van der Waals surface area contributed by atoms with Gasteiger partial charge in [-0.05, 0) is 41.9 Å². The van der Waals surface area contributed by atoms with Crippen molar-refractivity contribution in [2.75, 3.05) is 0 Å². The van der Waals surface area contributed by atoms with E-state index >= 15 is 0 Å². The minimum absolute atomic E-state index is 0.625. The molecule has 0 aliphatic heterocycles. The van der Waals surface area contributed by atoms with Crippen LogP contribution < -0.4 is 0 Å². The molecule has 0 radical (unpaired) electrons. The van der Waals surface area contributed by atoms with E-state index < -0.39 is 0 Å². The van der Waals surface area contributed by atoms with Gasteiger partial charge in [0.2, 0.25) is 0 Å². The van der Waals surface area contributed by atoms with Crippen LogP contribution in [0.1, 0.15) is 18.1 Å². The molecule has 0 unspecified atom stereocenters. The maximum Gasteiger partial charge on any atom is 0.195 e. The Morgan fingerprint density at radius 2 is 1.95 bits per heavy atom. The van der Waals surface area contributed by atoms with E-state index in [1.807, 2.05) is 16.7 Å². The van der Waals surface area contributed by atoms with Crippen LogP contribution in [0.5, 0.6) is 0 Å². The predicted molar refractivity (Wildman–Crippen MR) is 85.6 cm³/mol. The third-order valence-electron chi connectivity index (χ3n) is 3.51. The first-order valence-electron chi connectivity index (χ1n) is 6.92. The monoisotopic (exact) mass is 296 g/mol. The average molecular weight is 296 g/mol. The van der Waals surface area contributed by atoms with E-state index in [1.54, 1.807) is 12.4 Å². The number of pyridine rings is 1. The largest absolute Gasteiger partial charge is 0.296 e. The van der Waals surface area contributed by atoms with Gasteiger partial charge in [0.05, 0.1) is 6.54 Å². The molecule has 0 fully saturated rings. The second kappa shape index (κ2) is 6.01. The second-order valence-electron chi connectivity index (χ2n) is 4.80. The molecule has 106 valence electrons. The molecule has 0 aliphatic carbocycles. The van der Waals surface area contributed by atoms with Crippen molar-refractivity contribution in [2.45, 2.75) is 19.9 Å². The summed E-state index contributed by atoms with van der Waals surface area (Å²) in [4.78, 5) is 4.15. The Labute approximate surface area is 128 Å². The van der Waals surface area contributed by atoms with E-state index in [0.717, 1.165) is 17.8 Å². The van der Waals surface area contributed by atoms with Crippen molar-refractivity contribution in [1.29, 1.82) is 0 Å². The van der Waals surface area contributed by atoms with Crippen LogP contribution in [-0.4, -0.2) is 19.7 Å². The summed E-state index contributed by atoms with van der Waals surface area (Å²) in [5, 5.41) is 7.22. The molecule has 0 bridgehead atoms. The van der Waals surface area contributed by atoms with Crippen molar-refractivity contribution in [3.8, 4) is 11.4 Å². The normalized spacial score (nSPS) is 10.7. The van der Waals surface area contributed by atoms with E-state index in [-0.39, 0.29) is 0 Å². The van der Waals surface area contributed by atoms with Gasteiger partial charge in [-0.15, -0.1) is 0 Å². The highest BCUT2D eigenvalue weighted by atomic mass is 32.1. The lowest BCUT2D eigenvalue weighted by Crippen LogP contribution is -2.05. The van der Waals surface area contributed by atoms with Crippen molar-refractivity contribution in [3.05, 3.63) is 64.7 Å². The number of aryl methyl sites for hydroxylation is 1. The summed E-state index contributed by atoms with van der Waals surface area (Å²) in [6, 6.07) is 12.3. The second-order valence-corrected chi connectivity index (χ2v) is 5.19. The molecule has 1 aromatic carbocycles. The number of nitrogens with zero attached hydrogens (tertiary/aromatic N) is 3. The Morgan fingerprint density at radius 3 is 2.67 bits per heavy atom. The highest BCUT2D eigenvalue weighted by Crippen LogP contribution is 2.19. The molecule has 2 aromatic heterocycles. The minimum Gasteiger partial charge on any atom is -0.296 e. The molecule has 0 aliphatic rings. The van der Waals surface area contributed by atoms with Gasteiger partial charge in [-0.2, -0.15) is 5.10 Å². The lowest BCUT2D eigenvalue weighted by molar-refractivity contribution is 0.780. The Balaban J connectivity index is 2.04. The van der Waals surface area contributed by atoms with E-state index in [0.29, 0.717) is 11.3 Å². The standard InChI is InChI=1S/C16H16N4S/c1-2-12-6-3-4-7-14(12)11-20-15(18-19-16(20)21)13-8-5-9-17-10-13/h3-10H,2,11H2,1H3,(H,19,21). The minimum atomic E-state index is 0.625. The summed E-state index contributed by atoms with van der Waals surface area (Å²) in [5.74, 6) is 0.819. The Morgan fingerprint density at radius 1 is 1.14 bits per heavy atom. The number of benzene rings is 1. The number of aromatic amines is 1. The van der Waals surface area contributed by atoms with E-state index in [1.165, 1.54) is 11.1 Å². The number of nitrogens with one attached hydrogen (secondary N) is 1. The van der Waals surface area contributed by atoms with Crippen LogP contribution in [-0.2, 0) is 13.0 Å². The Hall–Kier alpha value is -2.27. The zero-order chi connectivity index (χ0) is 14.7. The summed E-state index contributed by atoms with van der Waals surface area (Å²) < 4.78 is 2.64. The molecule has 5 heteroatoms. The number of hydrogen-bond acceptors (Lipinski definition) is 3. The fourth-order valence-electron chi connectivity index (χ4n) is 2.41. The Bertz CT molecular complexity index is 789. The molecule has 0 amide bonds. The fourth-order valence-corrected chi connectivity index (χ4v) is 2.60. The summed E-state index contributed by atoms with van der Waals surface area (Å²) >= 11 is 5.38. The molecular weight excluding hydrogens is 280 g/mol. The maximum atomic E-state index is 5.38. The van der Waals surface area contributed by atoms with Gasteiger partial charge in [-0.3, -0.25) is 14.6 Å². The molecule has 4 nitrogen and oxygen atoms in total. The van der Waals surface area contributed by atoms with Crippen LogP contribution in [0.25, 0.3) is 11.4 Å². The smallest absolute Gasteiger partial charge is 0.195 e. The van der Waals surface area contributed by atoms with Crippen LogP contribution in [0.4, 0.5) is 0 Å². The fraction of sp³-hybridized carbons (Fsp3) is 0.188. The van der Waals surface area contributed by atoms with Gasteiger partial charge in [-0.25, -0.2) is 0 Å².